The van der Waals surface area contributed by atoms with Gasteiger partial charge in [0, 0.05) is 5.82 Å². The van der Waals surface area contributed by atoms with Gasteiger partial charge in [-0.25, -0.2) is 0 Å². The van der Waals surface area contributed by atoms with Gasteiger partial charge < -0.3 is 9.31 Å². The third-order valence-corrected chi connectivity index (χ3v) is 5.80. The van der Waals surface area contributed by atoms with Crippen molar-refractivity contribution in [1.82, 2.24) is 0 Å². The maximum absolute atomic E-state index is 13.4. The van der Waals surface area contributed by atoms with Gasteiger partial charge in [0.15, 0.2) is 0 Å². The van der Waals surface area contributed by atoms with Crippen molar-refractivity contribution in [2.45, 2.75) is 63.7 Å². The van der Waals surface area contributed by atoms with Crippen molar-refractivity contribution in [2.75, 3.05) is 0 Å². The molecule has 2 aliphatic rings. The zero-order valence-corrected chi connectivity index (χ0v) is 14.6. The minimum Gasteiger partial charge on any atom is -0.403 e. The number of rotatable bonds is 4. The largest absolute Gasteiger partial charge is 0.462 e. The van der Waals surface area contributed by atoms with Crippen molar-refractivity contribution in [1.29, 1.82) is 0 Å². The van der Waals surface area contributed by atoms with Gasteiger partial charge in [-0.05, 0) is 52.0 Å². The van der Waals surface area contributed by atoms with E-state index in [1.165, 1.54) is 0 Å². The normalized spacial score (nSPS) is 31.3. The van der Waals surface area contributed by atoms with Crippen LogP contribution in [0.25, 0.3) is 0 Å². The van der Waals surface area contributed by atoms with Crippen LogP contribution in [0.1, 0.15) is 39.7 Å². The topological polar surface area (TPSA) is 18.5 Å². The van der Waals surface area contributed by atoms with E-state index in [9.17, 15) is 13.2 Å². The molecule has 1 heterocycles. The van der Waals surface area contributed by atoms with Crippen molar-refractivity contribution in [3.05, 3.63) is 35.9 Å². The molecule has 2 nitrogen and oxygen atoms in total. The lowest BCUT2D eigenvalue weighted by Crippen LogP contribution is -2.41. The van der Waals surface area contributed by atoms with E-state index in [2.05, 4.69) is 0 Å². The summed E-state index contributed by atoms with van der Waals surface area (Å²) in [6, 6.07) is 9.64. The summed E-state index contributed by atoms with van der Waals surface area (Å²) in [5, 5.41) is 0. The first-order chi connectivity index (χ1) is 11.0. The first kappa shape index (κ1) is 17.8. The minimum atomic E-state index is -4.20. The Morgan fingerprint density at radius 2 is 1.54 bits per heavy atom. The second kappa shape index (κ2) is 5.77. The Morgan fingerprint density at radius 3 is 2.04 bits per heavy atom. The van der Waals surface area contributed by atoms with Gasteiger partial charge in [0.2, 0.25) is 0 Å². The van der Waals surface area contributed by atoms with Crippen LogP contribution in [0.5, 0.6) is 0 Å². The Balaban J connectivity index is 1.70. The van der Waals surface area contributed by atoms with E-state index in [1.807, 2.05) is 58.0 Å². The maximum Gasteiger partial charge on any atom is 0.462 e. The molecule has 3 atom stereocenters. The van der Waals surface area contributed by atoms with Gasteiger partial charge in [0.05, 0.1) is 17.1 Å². The van der Waals surface area contributed by atoms with Gasteiger partial charge in [-0.1, -0.05) is 30.3 Å². The number of aryl methyl sites for hydroxylation is 1. The van der Waals surface area contributed by atoms with Crippen LogP contribution in [0.15, 0.2) is 30.3 Å². The van der Waals surface area contributed by atoms with Crippen molar-refractivity contribution in [3.8, 4) is 0 Å². The Bertz CT molecular complexity index is 570. The summed E-state index contributed by atoms with van der Waals surface area (Å²) < 4.78 is 51.9. The molecular formula is C18H24BF3O2. The third kappa shape index (κ3) is 3.23. The second-order valence-electron chi connectivity index (χ2n) is 7.96. The Morgan fingerprint density at radius 1 is 1.00 bits per heavy atom. The molecule has 0 aromatic heterocycles. The molecule has 1 aliphatic heterocycles. The lowest BCUT2D eigenvalue weighted by molar-refractivity contribution is -0.151. The predicted molar refractivity (Wildman–Crippen MR) is 87.6 cm³/mol. The molecular weight excluding hydrogens is 316 g/mol. The highest BCUT2D eigenvalue weighted by atomic mass is 19.4. The minimum absolute atomic E-state index is 0.431. The third-order valence-electron chi connectivity index (χ3n) is 5.80. The molecule has 0 radical (unpaired) electrons. The van der Waals surface area contributed by atoms with Gasteiger partial charge in [0.25, 0.3) is 0 Å². The molecule has 1 saturated carbocycles. The van der Waals surface area contributed by atoms with Crippen molar-refractivity contribution >= 4 is 7.12 Å². The van der Waals surface area contributed by atoms with Crippen molar-refractivity contribution in [3.63, 3.8) is 0 Å². The van der Waals surface area contributed by atoms with E-state index in [0.717, 1.165) is 5.56 Å². The summed E-state index contributed by atoms with van der Waals surface area (Å²) >= 11 is 0. The molecule has 6 heteroatoms. The monoisotopic (exact) mass is 340 g/mol. The number of halogens is 3. The van der Waals surface area contributed by atoms with Crippen LogP contribution in [0.3, 0.4) is 0 Å². The second-order valence-corrected chi connectivity index (χ2v) is 7.96. The van der Waals surface area contributed by atoms with Gasteiger partial charge in [0.1, 0.15) is 0 Å². The molecule has 1 saturated heterocycles. The Kier molecular flexibility index (Phi) is 4.28. The highest BCUT2D eigenvalue weighted by molar-refractivity contribution is 6.49. The number of hydrogen-bond acceptors (Lipinski definition) is 2. The summed E-state index contributed by atoms with van der Waals surface area (Å²) in [7, 11) is -0.776. The SMILES string of the molecule is CC1(C)OB([C@H]2[C@H](CCc3ccccc3)[C@@H]2C(F)(F)F)OC1(C)C. The molecule has 0 spiro atoms. The number of alkyl halides is 3. The summed E-state index contributed by atoms with van der Waals surface area (Å²) in [6.45, 7) is 7.49. The molecule has 132 valence electrons. The van der Waals surface area contributed by atoms with Crippen LogP contribution in [0.2, 0.25) is 5.82 Å². The van der Waals surface area contributed by atoms with Gasteiger partial charge in [-0.2, -0.15) is 13.2 Å². The van der Waals surface area contributed by atoms with Crippen LogP contribution in [-0.2, 0) is 15.7 Å². The molecule has 2 fully saturated rings. The smallest absolute Gasteiger partial charge is 0.403 e. The Hall–Kier alpha value is -1.01. The van der Waals surface area contributed by atoms with Crippen LogP contribution < -0.4 is 0 Å². The summed E-state index contributed by atoms with van der Waals surface area (Å²) in [5.41, 5.74) is -0.126. The zero-order chi connectivity index (χ0) is 17.8. The summed E-state index contributed by atoms with van der Waals surface area (Å²) in [6.07, 6.45) is -3.05. The molecule has 1 aliphatic carbocycles. The van der Waals surface area contributed by atoms with Gasteiger partial charge >= 0.3 is 13.3 Å². The van der Waals surface area contributed by atoms with E-state index in [-0.39, 0.29) is 0 Å². The van der Waals surface area contributed by atoms with E-state index >= 15 is 0 Å². The van der Waals surface area contributed by atoms with Crippen LogP contribution in [0.4, 0.5) is 13.2 Å². The molecule has 1 aromatic rings. The zero-order valence-electron chi connectivity index (χ0n) is 14.6. The van der Waals surface area contributed by atoms with E-state index in [4.69, 9.17) is 9.31 Å². The summed E-state index contributed by atoms with van der Waals surface area (Å²) in [5.74, 6) is -2.36. The average Bonchev–Trinajstić information content (AvgIpc) is 3.14. The first-order valence-electron chi connectivity index (χ1n) is 8.49. The maximum atomic E-state index is 13.4. The van der Waals surface area contributed by atoms with Gasteiger partial charge in [-0.15, -0.1) is 0 Å². The molecule has 24 heavy (non-hydrogen) atoms. The molecule has 0 N–H and O–H groups in total. The molecule has 0 amide bonds. The van der Waals surface area contributed by atoms with Gasteiger partial charge in [-0.3, -0.25) is 0 Å². The number of benzene rings is 1. The van der Waals surface area contributed by atoms with Crippen molar-refractivity contribution < 1.29 is 22.5 Å². The fourth-order valence-electron chi connectivity index (χ4n) is 3.63. The quantitative estimate of drug-likeness (QED) is 0.727. The Labute approximate surface area is 141 Å². The highest BCUT2D eigenvalue weighted by Gasteiger charge is 2.71. The van der Waals surface area contributed by atoms with Crippen LogP contribution in [0, 0.1) is 11.8 Å². The van der Waals surface area contributed by atoms with Crippen LogP contribution >= 0.6 is 0 Å². The van der Waals surface area contributed by atoms with E-state index in [1.54, 1.807) is 0 Å². The molecule has 3 rings (SSSR count). The first-order valence-corrected chi connectivity index (χ1v) is 8.49. The number of hydrogen-bond donors (Lipinski definition) is 0. The van der Waals surface area contributed by atoms with E-state index in [0.29, 0.717) is 12.8 Å². The van der Waals surface area contributed by atoms with E-state index < -0.39 is 42.1 Å². The fraction of sp³-hybridized carbons (Fsp3) is 0.667. The summed E-state index contributed by atoms with van der Waals surface area (Å²) in [4.78, 5) is 0. The molecule has 1 aromatic carbocycles. The molecule has 0 unspecified atom stereocenters. The lowest BCUT2D eigenvalue weighted by atomic mass is 9.79. The predicted octanol–water partition coefficient (Wildman–Crippen LogP) is 4.89. The average molecular weight is 340 g/mol. The van der Waals surface area contributed by atoms with Crippen LogP contribution in [-0.4, -0.2) is 24.5 Å². The fourth-order valence-corrected chi connectivity index (χ4v) is 3.63. The molecule has 0 bridgehead atoms. The standard InChI is InChI=1S/C18H24BF3O2/c1-16(2)17(3,4)24-19(23-16)15-13(14(15)18(20,21)22)11-10-12-8-6-5-7-9-12/h5-9,13-15H,10-11H2,1-4H3/t13-,14+,15+/m1/s1. The highest BCUT2D eigenvalue weighted by Crippen LogP contribution is 2.65. The lowest BCUT2D eigenvalue weighted by Gasteiger charge is -2.32. The van der Waals surface area contributed by atoms with Crippen molar-refractivity contribution in [2.24, 2.45) is 11.8 Å².